The van der Waals surface area contributed by atoms with Crippen molar-refractivity contribution in [2.45, 2.75) is 6.10 Å². The number of nitrogens with zero attached hydrogens (tertiary/aromatic N) is 1. The lowest BCUT2D eigenvalue weighted by Gasteiger charge is -2.30. The van der Waals surface area contributed by atoms with Crippen LogP contribution in [0.4, 0.5) is 0 Å². The Bertz CT molecular complexity index is 320. The molecule has 82 valence electrons. The second-order valence-electron chi connectivity index (χ2n) is 3.36. The topological polar surface area (TPSA) is 32.7 Å². The summed E-state index contributed by atoms with van der Waals surface area (Å²) >= 11 is 6.80. The zero-order valence-electron chi connectivity index (χ0n) is 8.26. The van der Waals surface area contributed by atoms with Crippen molar-refractivity contribution < 1.29 is 9.84 Å². The molecule has 0 radical (unpaired) electrons. The largest absolute Gasteiger partial charge is 0.380 e. The Morgan fingerprint density at radius 1 is 1.53 bits per heavy atom. The SMILES string of the molecule is OC(C(=S)N1CCOCC1)c1cccs1. The van der Waals surface area contributed by atoms with Gasteiger partial charge in [-0.05, 0) is 11.4 Å². The third-order valence-electron chi connectivity index (χ3n) is 2.37. The molecular formula is C10H13NO2S2. The summed E-state index contributed by atoms with van der Waals surface area (Å²) in [7, 11) is 0. The molecule has 1 unspecified atom stereocenters. The van der Waals surface area contributed by atoms with Crippen molar-refractivity contribution in [3.8, 4) is 0 Å². The molecule has 1 aromatic heterocycles. The van der Waals surface area contributed by atoms with Crippen LogP contribution >= 0.6 is 23.6 Å². The maximum atomic E-state index is 10.0. The van der Waals surface area contributed by atoms with Crippen molar-refractivity contribution in [1.29, 1.82) is 0 Å². The minimum Gasteiger partial charge on any atom is -0.380 e. The van der Waals surface area contributed by atoms with Crippen LogP contribution in [0.5, 0.6) is 0 Å². The number of rotatable bonds is 2. The van der Waals surface area contributed by atoms with E-state index in [1.807, 2.05) is 22.4 Å². The van der Waals surface area contributed by atoms with Gasteiger partial charge in [0.25, 0.3) is 0 Å². The molecule has 0 aliphatic carbocycles. The third kappa shape index (κ3) is 2.55. The molecule has 0 spiro atoms. The number of hydrogen-bond donors (Lipinski definition) is 1. The summed E-state index contributed by atoms with van der Waals surface area (Å²) in [6, 6.07) is 3.83. The fraction of sp³-hybridized carbons (Fsp3) is 0.500. The summed E-state index contributed by atoms with van der Waals surface area (Å²) in [5, 5.41) is 12.0. The van der Waals surface area contributed by atoms with E-state index in [1.165, 1.54) is 11.3 Å². The standard InChI is InChI=1S/C10H13NO2S2/c12-9(8-2-1-7-15-8)10(14)11-3-5-13-6-4-11/h1-2,7,9,12H,3-6H2. The van der Waals surface area contributed by atoms with Crippen LogP contribution in [0, 0.1) is 0 Å². The zero-order valence-corrected chi connectivity index (χ0v) is 9.89. The first-order valence-electron chi connectivity index (χ1n) is 4.87. The summed E-state index contributed by atoms with van der Waals surface area (Å²) in [6.07, 6.45) is -0.641. The summed E-state index contributed by atoms with van der Waals surface area (Å²) in [5.74, 6) is 0. The number of morpholine rings is 1. The number of thiophene rings is 1. The van der Waals surface area contributed by atoms with E-state index in [4.69, 9.17) is 17.0 Å². The normalized spacial score (nSPS) is 18.9. The van der Waals surface area contributed by atoms with Crippen LogP contribution in [0.1, 0.15) is 11.0 Å². The number of hydrogen-bond acceptors (Lipinski definition) is 4. The molecule has 1 aliphatic heterocycles. The van der Waals surface area contributed by atoms with Crippen LogP contribution in [0.2, 0.25) is 0 Å². The van der Waals surface area contributed by atoms with Gasteiger partial charge in [-0.1, -0.05) is 18.3 Å². The van der Waals surface area contributed by atoms with Crippen molar-refractivity contribution in [3.05, 3.63) is 22.4 Å². The number of aliphatic hydroxyl groups excluding tert-OH is 1. The van der Waals surface area contributed by atoms with Gasteiger partial charge in [-0.2, -0.15) is 0 Å². The van der Waals surface area contributed by atoms with Crippen molar-refractivity contribution >= 4 is 28.5 Å². The lowest BCUT2D eigenvalue weighted by atomic mass is 10.2. The fourth-order valence-corrected chi connectivity index (χ4v) is 2.62. The highest BCUT2D eigenvalue weighted by Gasteiger charge is 2.21. The fourth-order valence-electron chi connectivity index (χ4n) is 1.53. The Labute approximate surface area is 98.3 Å². The molecule has 1 aromatic rings. The van der Waals surface area contributed by atoms with Crippen molar-refractivity contribution in [2.24, 2.45) is 0 Å². The van der Waals surface area contributed by atoms with Crippen LogP contribution in [0.15, 0.2) is 17.5 Å². The molecule has 1 N–H and O–H groups in total. The predicted octanol–water partition coefficient (Wildman–Crippen LogP) is 1.44. The maximum Gasteiger partial charge on any atom is 0.138 e. The van der Waals surface area contributed by atoms with Crippen LogP contribution in [0.25, 0.3) is 0 Å². The Hall–Kier alpha value is -0.490. The van der Waals surface area contributed by atoms with E-state index in [1.54, 1.807) is 0 Å². The average Bonchev–Trinajstić information content (AvgIpc) is 2.82. The predicted molar refractivity (Wildman–Crippen MR) is 64.3 cm³/mol. The second kappa shape index (κ2) is 5.03. The van der Waals surface area contributed by atoms with Crippen molar-refractivity contribution in [3.63, 3.8) is 0 Å². The highest BCUT2D eigenvalue weighted by atomic mass is 32.1. The first-order valence-corrected chi connectivity index (χ1v) is 6.16. The van der Waals surface area contributed by atoms with E-state index in [0.29, 0.717) is 18.2 Å². The van der Waals surface area contributed by atoms with Gasteiger partial charge < -0.3 is 14.7 Å². The van der Waals surface area contributed by atoms with Crippen LogP contribution in [-0.2, 0) is 4.74 Å². The smallest absolute Gasteiger partial charge is 0.138 e. The molecular weight excluding hydrogens is 230 g/mol. The third-order valence-corrected chi connectivity index (χ3v) is 3.78. The molecule has 1 fully saturated rings. The Morgan fingerprint density at radius 2 is 2.27 bits per heavy atom. The lowest BCUT2D eigenvalue weighted by molar-refractivity contribution is 0.0640. The molecule has 0 saturated carbocycles. The first kappa shape index (κ1) is 11.0. The van der Waals surface area contributed by atoms with Gasteiger partial charge in [-0.25, -0.2) is 0 Å². The van der Waals surface area contributed by atoms with E-state index in [0.717, 1.165) is 18.0 Å². The molecule has 1 atom stereocenters. The minimum absolute atomic E-state index is 0.612. The maximum absolute atomic E-state index is 10.0. The molecule has 5 heteroatoms. The van der Waals surface area contributed by atoms with Gasteiger partial charge in [0.05, 0.1) is 13.2 Å². The van der Waals surface area contributed by atoms with Gasteiger partial charge in [0.1, 0.15) is 11.1 Å². The summed E-state index contributed by atoms with van der Waals surface area (Å²) < 4.78 is 5.24. The Balaban J connectivity index is 2.00. The molecule has 3 nitrogen and oxygen atoms in total. The average molecular weight is 243 g/mol. The molecule has 1 aliphatic rings. The van der Waals surface area contributed by atoms with E-state index >= 15 is 0 Å². The van der Waals surface area contributed by atoms with Gasteiger partial charge in [0, 0.05) is 18.0 Å². The molecule has 0 aromatic carbocycles. The highest BCUT2D eigenvalue weighted by molar-refractivity contribution is 7.80. The number of thiocarbonyl (C=S) groups is 1. The van der Waals surface area contributed by atoms with Gasteiger partial charge in [0.15, 0.2) is 0 Å². The number of aliphatic hydroxyl groups is 1. The molecule has 15 heavy (non-hydrogen) atoms. The van der Waals surface area contributed by atoms with Gasteiger partial charge in [-0.15, -0.1) is 11.3 Å². The van der Waals surface area contributed by atoms with E-state index in [-0.39, 0.29) is 0 Å². The Kier molecular flexibility index (Phi) is 3.69. The molecule has 0 bridgehead atoms. The van der Waals surface area contributed by atoms with E-state index in [2.05, 4.69) is 0 Å². The molecule has 0 amide bonds. The monoisotopic (exact) mass is 243 g/mol. The van der Waals surface area contributed by atoms with Crippen molar-refractivity contribution in [2.75, 3.05) is 26.3 Å². The Morgan fingerprint density at radius 3 is 2.87 bits per heavy atom. The van der Waals surface area contributed by atoms with Gasteiger partial charge in [-0.3, -0.25) is 0 Å². The molecule has 2 rings (SSSR count). The van der Waals surface area contributed by atoms with Crippen LogP contribution in [-0.4, -0.2) is 41.3 Å². The van der Waals surface area contributed by atoms with Crippen molar-refractivity contribution in [1.82, 2.24) is 4.90 Å². The van der Waals surface area contributed by atoms with Gasteiger partial charge in [0.2, 0.25) is 0 Å². The highest BCUT2D eigenvalue weighted by Crippen LogP contribution is 2.22. The lowest BCUT2D eigenvalue weighted by Crippen LogP contribution is -2.42. The zero-order chi connectivity index (χ0) is 10.7. The van der Waals surface area contributed by atoms with E-state index in [9.17, 15) is 5.11 Å². The van der Waals surface area contributed by atoms with Crippen LogP contribution in [0.3, 0.4) is 0 Å². The minimum atomic E-state index is -0.641. The van der Waals surface area contributed by atoms with Crippen LogP contribution < -0.4 is 0 Å². The second-order valence-corrected chi connectivity index (χ2v) is 4.75. The van der Waals surface area contributed by atoms with E-state index < -0.39 is 6.10 Å². The summed E-state index contributed by atoms with van der Waals surface area (Å²) in [4.78, 5) is 3.54. The first-order chi connectivity index (χ1) is 7.29. The quantitative estimate of drug-likeness (QED) is 0.797. The molecule has 1 saturated heterocycles. The summed E-state index contributed by atoms with van der Waals surface area (Å²) in [5.41, 5.74) is 0. The molecule has 2 heterocycles. The summed E-state index contributed by atoms with van der Waals surface area (Å²) in [6.45, 7) is 2.94. The van der Waals surface area contributed by atoms with Gasteiger partial charge >= 0.3 is 0 Å². The number of ether oxygens (including phenoxy) is 1.